The van der Waals surface area contributed by atoms with Crippen LogP contribution in [0.3, 0.4) is 0 Å². The number of rotatable bonds is 8. The Balaban J connectivity index is 2.67. The number of ketones is 1. The molecule has 0 bridgehead atoms. The highest BCUT2D eigenvalue weighted by Gasteiger charge is 2.32. The Hall–Kier alpha value is -4.04. The molecule has 10 nitrogen and oxygen atoms in total. The maximum Gasteiger partial charge on any atom is 0.422 e. The molecule has 0 spiro atoms. The lowest BCUT2D eigenvalue weighted by Crippen LogP contribution is -2.23. The summed E-state index contributed by atoms with van der Waals surface area (Å²) in [6.07, 6.45) is 0. The van der Waals surface area contributed by atoms with Crippen molar-refractivity contribution in [1.29, 1.82) is 0 Å². The summed E-state index contributed by atoms with van der Waals surface area (Å²) in [5.74, 6) is -1.14. The predicted octanol–water partition coefficient (Wildman–Crippen LogP) is 2.43. The molecule has 0 saturated carbocycles. The monoisotopic (exact) mass is 399 g/mol. The summed E-state index contributed by atoms with van der Waals surface area (Å²) in [5.41, 5.74) is 8.71. The lowest BCUT2D eigenvalue weighted by atomic mass is 9.94. The van der Waals surface area contributed by atoms with Crippen molar-refractivity contribution >= 4 is 23.2 Å². The van der Waals surface area contributed by atoms with Gasteiger partial charge in [-0.15, -0.1) is 0 Å². The molecule has 0 N–H and O–H groups in total. The molecule has 2 rings (SSSR count). The van der Waals surface area contributed by atoms with Crippen molar-refractivity contribution in [2.24, 2.45) is 0 Å². The molecule has 0 radical (unpaired) electrons. The van der Waals surface area contributed by atoms with Gasteiger partial charge < -0.3 is 19.7 Å². The van der Waals surface area contributed by atoms with Gasteiger partial charge in [0.05, 0.1) is 31.3 Å². The number of nitro groups is 1. The first-order valence-electron chi connectivity index (χ1n) is 8.32. The van der Waals surface area contributed by atoms with E-state index in [1.165, 1.54) is 50.6 Å². The maximum atomic E-state index is 13.1. The van der Waals surface area contributed by atoms with Crippen LogP contribution in [0, 0.1) is 10.1 Å². The molecule has 0 aliphatic heterocycles. The minimum Gasteiger partial charge on any atom is -0.493 e. The van der Waals surface area contributed by atoms with Gasteiger partial charge in [0.2, 0.25) is 0 Å². The van der Waals surface area contributed by atoms with E-state index >= 15 is 0 Å². The normalized spacial score (nSPS) is 9.90. The van der Waals surface area contributed by atoms with Crippen LogP contribution in [-0.4, -0.2) is 48.0 Å². The van der Waals surface area contributed by atoms with E-state index in [0.29, 0.717) is 0 Å². The second kappa shape index (κ2) is 9.25. The van der Waals surface area contributed by atoms with Crippen molar-refractivity contribution in [2.75, 3.05) is 20.8 Å². The number of hydrogen-bond donors (Lipinski definition) is 0. The van der Waals surface area contributed by atoms with Gasteiger partial charge in [-0.05, 0) is 25.1 Å². The second-order valence-electron chi connectivity index (χ2n) is 5.55. The zero-order valence-corrected chi connectivity index (χ0v) is 15.9. The summed E-state index contributed by atoms with van der Waals surface area (Å²) in [7, 11) is 2.73. The van der Waals surface area contributed by atoms with Crippen LogP contribution >= 0.6 is 0 Å². The van der Waals surface area contributed by atoms with Crippen molar-refractivity contribution in [3.05, 3.63) is 68.7 Å². The third-order valence-electron chi connectivity index (χ3n) is 3.93. The summed E-state index contributed by atoms with van der Waals surface area (Å²) < 4.78 is 15.3. The van der Waals surface area contributed by atoms with Gasteiger partial charge in [0.15, 0.2) is 17.3 Å². The van der Waals surface area contributed by atoms with Crippen LogP contribution in [0.5, 0.6) is 11.5 Å². The molecule has 0 heterocycles. The van der Waals surface area contributed by atoms with Gasteiger partial charge in [-0.3, -0.25) is 14.9 Å². The fourth-order valence-electron chi connectivity index (χ4n) is 2.56. The molecule has 2 aromatic rings. The Kier molecular flexibility index (Phi) is 6.78. The van der Waals surface area contributed by atoms with E-state index in [1.54, 1.807) is 6.92 Å². The van der Waals surface area contributed by atoms with E-state index in [0.717, 1.165) is 0 Å². The fraction of sp³-hybridized carbons (Fsp3) is 0.211. The van der Waals surface area contributed by atoms with Crippen molar-refractivity contribution in [2.45, 2.75) is 6.92 Å². The van der Waals surface area contributed by atoms with Gasteiger partial charge in [0, 0.05) is 29.3 Å². The van der Waals surface area contributed by atoms with E-state index in [9.17, 15) is 25.2 Å². The number of esters is 1. The number of non-ortho nitro benzene ring substituents is 1. The lowest BCUT2D eigenvalue weighted by Gasteiger charge is -2.12. The Morgan fingerprint density at radius 1 is 1.07 bits per heavy atom. The highest BCUT2D eigenvalue weighted by Crippen LogP contribution is 2.32. The molecule has 0 atom stereocenters. The van der Waals surface area contributed by atoms with E-state index in [1.807, 2.05) is 0 Å². The zero-order valence-electron chi connectivity index (χ0n) is 15.9. The minimum atomic E-state index is -0.944. The number of nitro benzene ring substituents is 1. The Bertz CT molecular complexity index is 1010. The number of ether oxygens (including phenoxy) is 3. The summed E-state index contributed by atoms with van der Waals surface area (Å²) in [5, 5.41) is 10.8. The molecule has 0 aromatic heterocycles. The topological polar surface area (TPSA) is 141 Å². The highest BCUT2D eigenvalue weighted by molar-refractivity contribution is 6.42. The van der Waals surface area contributed by atoms with Crippen LogP contribution in [0.25, 0.3) is 5.53 Å². The second-order valence-corrected chi connectivity index (χ2v) is 5.55. The Morgan fingerprint density at radius 3 is 2.07 bits per heavy atom. The SMILES string of the molecule is CCOC(=O)C(=[N+]=[N-])c1cc(OC)c(OC)cc1C(=O)c1ccc([N+](=O)[O-])cc1. The third-order valence-corrected chi connectivity index (χ3v) is 3.93. The van der Waals surface area contributed by atoms with E-state index < -0.39 is 22.4 Å². The molecular formula is C19H17N3O7. The van der Waals surface area contributed by atoms with Crippen molar-refractivity contribution < 1.29 is 33.5 Å². The van der Waals surface area contributed by atoms with Crippen LogP contribution in [0.4, 0.5) is 5.69 Å². The molecule has 0 amide bonds. The first-order chi connectivity index (χ1) is 13.9. The van der Waals surface area contributed by atoms with Gasteiger partial charge in [-0.1, -0.05) is 0 Å². The molecule has 0 saturated heterocycles. The molecule has 0 fully saturated rings. The standard InChI is InChI=1S/C19H17N3O7/c1-4-29-19(24)17(21-20)13-9-15(27-2)16(28-3)10-14(13)18(23)11-5-7-12(8-6-11)22(25)26/h5-10H,4H2,1-3H3. The van der Waals surface area contributed by atoms with Crippen molar-refractivity contribution in [1.82, 2.24) is 0 Å². The number of hydrogen-bond acceptors (Lipinski definition) is 7. The van der Waals surface area contributed by atoms with E-state index in [2.05, 4.69) is 4.79 Å². The maximum absolute atomic E-state index is 13.1. The molecule has 10 heteroatoms. The van der Waals surface area contributed by atoms with Crippen molar-refractivity contribution in [3.63, 3.8) is 0 Å². The van der Waals surface area contributed by atoms with Gasteiger partial charge in [-0.25, -0.2) is 4.79 Å². The first-order valence-corrected chi connectivity index (χ1v) is 8.32. The van der Waals surface area contributed by atoms with Crippen LogP contribution in [0.2, 0.25) is 0 Å². The summed E-state index contributed by atoms with van der Waals surface area (Å²) in [4.78, 5) is 38.5. The molecular weight excluding hydrogens is 382 g/mol. The van der Waals surface area contributed by atoms with Gasteiger partial charge in [0.25, 0.3) is 5.69 Å². The quantitative estimate of drug-likeness (QED) is 0.126. The lowest BCUT2D eigenvalue weighted by molar-refractivity contribution is -0.384. The zero-order chi connectivity index (χ0) is 21.6. The minimum absolute atomic E-state index is 0.0246. The number of benzene rings is 2. The van der Waals surface area contributed by atoms with E-state index in [4.69, 9.17) is 14.2 Å². The van der Waals surface area contributed by atoms with Crippen LogP contribution in [-0.2, 0) is 9.53 Å². The fourth-order valence-corrected chi connectivity index (χ4v) is 2.56. The number of methoxy groups -OCH3 is 2. The average Bonchev–Trinajstić information content (AvgIpc) is 2.73. The van der Waals surface area contributed by atoms with Crippen LogP contribution < -0.4 is 9.47 Å². The largest absolute Gasteiger partial charge is 0.493 e. The van der Waals surface area contributed by atoms with Crippen LogP contribution in [0.15, 0.2) is 36.4 Å². The highest BCUT2D eigenvalue weighted by atomic mass is 16.6. The predicted molar refractivity (Wildman–Crippen MR) is 100 cm³/mol. The Morgan fingerprint density at radius 2 is 1.62 bits per heavy atom. The molecule has 29 heavy (non-hydrogen) atoms. The molecule has 150 valence electrons. The van der Waals surface area contributed by atoms with Crippen LogP contribution in [0.1, 0.15) is 28.4 Å². The summed E-state index contributed by atoms with van der Waals surface area (Å²) in [6.45, 7) is 1.60. The third kappa shape index (κ3) is 4.45. The van der Waals surface area contributed by atoms with E-state index in [-0.39, 0.29) is 40.5 Å². The van der Waals surface area contributed by atoms with Gasteiger partial charge in [0.1, 0.15) is 0 Å². The summed E-state index contributed by atoms with van der Waals surface area (Å²) >= 11 is 0. The Labute approximate surface area is 165 Å². The molecule has 2 aromatic carbocycles. The first kappa shape index (κ1) is 21.3. The smallest absolute Gasteiger partial charge is 0.422 e. The number of carbonyl (C=O) groups excluding carboxylic acids is 2. The number of nitrogens with zero attached hydrogens (tertiary/aromatic N) is 3. The van der Waals surface area contributed by atoms with Gasteiger partial charge in [-0.2, -0.15) is 4.79 Å². The molecule has 0 unspecified atom stereocenters. The number of carbonyl (C=O) groups is 2. The average molecular weight is 399 g/mol. The summed E-state index contributed by atoms with van der Waals surface area (Å²) in [6, 6.07) is 7.55. The molecule has 0 aliphatic carbocycles. The van der Waals surface area contributed by atoms with Gasteiger partial charge >= 0.3 is 11.7 Å². The molecule has 0 aliphatic rings. The van der Waals surface area contributed by atoms with Crippen molar-refractivity contribution in [3.8, 4) is 11.5 Å².